The topological polar surface area (TPSA) is 76.3 Å². The van der Waals surface area contributed by atoms with Crippen LogP contribution in [0.5, 0.6) is 0 Å². The highest BCUT2D eigenvalue weighted by atomic mass is 32.2. The maximum Gasteiger partial charge on any atom is 0.252 e. The second-order valence-corrected chi connectivity index (χ2v) is 8.29. The number of nitrogens with zero attached hydrogens (tertiary/aromatic N) is 3. The number of aryl methyl sites for hydroxylation is 1. The average molecular weight is 349 g/mol. The van der Waals surface area contributed by atoms with Gasteiger partial charge in [0.25, 0.3) is 10.0 Å². The fourth-order valence-corrected chi connectivity index (χ4v) is 4.30. The first kappa shape index (κ1) is 15.9. The van der Waals surface area contributed by atoms with Crippen LogP contribution < -0.4 is 0 Å². The smallest absolute Gasteiger partial charge is 0.252 e. The molecule has 0 bridgehead atoms. The van der Waals surface area contributed by atoms with Gasteiger partial charge in [0.1, 0.15) is 4.21 Å². The minimum Gasteiger partial charge on any atom is -0.338 e. The summed E-state index contributed by atoms with van der Waals surface area (Å²) >= 11 is 1.18. The van der Waals surface area contributed by atoms with Crippen LogP contribution in [0.4, 0.5) is 0 Å². The minimum atomic E-state index is -3.53. The van der Waals surface area contributed by atoms with Gasteiger partial charge in [0.2, 0.25) is 11.7 Å². The Bertz CT molecular complexity index is 884. The number of benzene rings is 1. The zero-order valence-electron chi connectivity index (χ0n) is 12.6. The minimum absolute atomic E-state index is 0.0269. The summed E-state index contributed by atoms with van der Waals surface area (Å²) in [6.07, 6.45) is 0. The molecule has 1 aromatic carbocycles. The molecule has 0 atom stereocenters. The van der Waals surface area contributed by atoms with E-state index in [1.807, 2.05) is 31.2 Å². The van der Waals surface area contributed by atoms with Gasteiger partial charge in [-0.2, -0.15) is 9.29 Å². The van der Waals surface area contributed by atoms with Crippen LogP contribution >= 0.6 is 11.3 Å². The molecule has 6 nitrogen and oxygen atoms in total. The fraction of sp³-hybridized carbons (Fsp3) is 0.200. The Morgan fingerprint density at radius 2 is 1.96 bits per heavy atom. The van der Waals surface area contributed by atoms with Crippen molar-refractivity contribution in [3.63, 3.8) is 0 Å². The Morgan fingerprint density at radius 1 is 1.22 bits per heavy atom. The highest BCUT2D eigenvalue weighted by molar-refractivity contribution is 7.91. The molecule has 0 aliphatic rings. The number of aromatic nitrogens is 2. The van der Waals surface area contributed by atoms with Gasteiger partial charge in [-0.15, -0.1) is 11.3 Å². The summed E-state index contributed by atoms with van der Waals surface area (Å²) in [4.78, 5) is 4.26. The number of sulfonamides is 1. The zero-order chi connectivity index (χ0) is 16.4. The summed E-state index contributed by atoms with van der Waals surface area (Å²) in [5.74, 6) is 0.699. The van der Waals surface area contributed by atoms with Crippen molar-refractivity contribution >= 4 is 21.4 Å². The third-order valence-corrected chi connectivity index (χ3v) is 6.47. The lowest BCUT2D eigenvalue weighted by Gasteiger charge is -2.13. The highest BCUT2D eigenvalue weighted by Crippen LogP contribution is 2.22. The van der Waals surface area contributed by atoms with Gasteiger partial charge < -0.3 is 4.52 Å². The molecule has 0 aliphatic heterocycles. The third-order valence-electron chi connectivity index (χ3n) is 3.30. The normalized spacial score (nSPS) is 12.0. The van der Waals surface area contributed by atoms with E-state index in [0.717, 1.165) is 11.1 Å². The van der Waals surface area contributed by atoms with Crippen molar-refractivity contribution < 1.29 is 12.9 Å². The molecule has 0 unspecified atom stereocenters. The molecule has 0 N–H and O–H groups in total. The number of rotatable bonds is 5. The lowest BCUT2D eigenvalue weighted by Crippen LogP contribution is -2.25. The van der Waals surface area contributed by atoms with Gasteiger partial charge in [-0.25, -0.2) is 8.42 Å². The summed E-state index contributed by atoms with van der Waals surface area (Å²) < 4.78 is 31.4. The van der Waals surface area contributed by atoms with Crippen LogP contribution in [0.3, 0.4) is 0 Å². The first-order valence-electron chi connectivity index (χ1n) is 6.86. The van der Waals surface area contributed by atoms with Gasteiger partial charge >= 0.3 is 0 Å². The predicted octanol–water partition coefficient (Wildman–Crippen LogP) is 2.93. The van der Waals surface area contributed by atoms with Crippen LogP contribution in [-0.4, -0.2) is 29.9 Å². The van der Waals surface area contributed by atoms with Gasteiger partial charge in [0.05, 0.1) is 6.54 Å². The lowest BCUT2D eigenvalue weighted by molar-refractivity contribution is 0.337. The molecule has 2 aromatic heterocycles. The molecule has 0 fully saturated rings. The molecule has 23 heavy (non-hydrogen) atoms. The third kappa shape index (κ3) is 3.34. The second-order valence-electron chi connectivity index (χ2n) is 5.07. The van der Waals surface area contributed by atoms with Crippen molar-refractivity contribution in [2.75, 3.05) is 7.05 Å². The Kier molecular flexibility index (Phi) is 4.29. The maximum absolute atomic E-state index is 12.4. The van der Waals surface area contributed by atoms with E-state index in [9.17, 15) is 8.42 Å². The van der Waals surface area contributed by atoms with Gasteiger partial charge in [0.15, 0.2) is 0 Å². The lowest BCUT2D eigenvalue weighted by atomic mass is 10.1. The molecule has 0 amide bonds. The van der Waals surface area contributed by atoms with E-state index >= 15 is 0 Å². The van der Waals surface area contributed by atoms with Gasteiger partial charge in [0, 0.05) is 12.6 Å². The van der Waals surface area contributed by atoms with E-state index in [-0.39, 0.29) is 12.4 Å². The molecule has 8 heteroatoms. The van der Waals surface area contributed by atoms with Gasteiger partial charge in [-0.05, 0) is 18.4 Å². The summed E-state index contributed by atoms with van der Waals surface area (Å²) in [5, 5.41) is 5.63. The molecular formula is C15H15N3O3S2. The van der Waals surface area contributed by atoms with Crippen molar-refractivity contribution in [2.24, 2.45) is 0 Å². The van der Waals surface area contributed by atoms with E-state index < -0.39 is 10.0 Å². The quantitative estimate of drug-likeness (QED) is 0.708. The van der Waals surface area contributed by atoms with E-state index in [1.165, 1.54) is 22.7 Å². The number of hydrogen-bond donors (Lipinski definition) is 0. The zero-order valence-corrected chi connectivity index (χ0v) is 14.3. The van der Waals surface area contributed by atoms with Gasteiger partial charge in [-0.3, -0.25) is 0 Å². The van der Waals surface area contributed by atoms with Crippen LogP contribution in [0.2, 0.25) is 0 Å². The van der Waals surface area contributed by atoms with Crippen molar-refractivity contribution in [2.45, 2.75) is 17.7 Å². The van der Waals surface area contributed by atoms with E-state index in [2.05, 4.69) is 10.1 Å². The summed E-state index contributed by atoms with van der Waals surface area (Å²) in [5.41, 5.74) is 1.97. The molecule has 0 spiro atoms. The molecule has 0 radical (unpaired) electrons. The fourth-order valence-electron chi connectivity index (χ4n) is 1.98. The van der Waals surface area contributed by atoms with Crippen LogP contribution in [0.25, 0.3) is 11.4 Å². The second kappa shape index (κ2) is 6.23. The Labute approximate surface area is 138 Å². The number of thiophene rings is 1. The van der Waals surface area contributed by atoms with Crippen LogP contribution in [0.1, 0.15) is 11.5 Å². The van der Waals surface area contributed by atoms with E-state index in [1.54, 1.807) is 17.5 Å². The molecule has 2 heterocycles. The molecule has 120 valence electrons. The standard InChI is InChI=1S/C15H15N3O3S2/c1-11-5-7-12(8-6-11)15-16-13(21-17-15)10-18(2)23(19,20)14-4-3-9-22-14/h3-9H,10H2,1-2H3. The van der Waals surface area contributed by atoms with Gasteiger partial charge in [-0.1, -0.05) is 41.1 Å². The molecule has 3 rings (SSSR count). The summed E-state index contributed by atoms with van der Waals surface area (Å²) in [6, 6.07) is 11.0. The van der Waals surface area contributed by atoms with Crippen LogP contribution in [0.15, 0.2) is 50.5 Å². The van der Waals surface area contributed by atoms with Crippen molar-refractivity contribution in [1.29, 1.82) is 0 Å². The largest absolute Gasteiger partial charge is 0.338 e. The van der Waals surface area contributed by atoms with E-state index in [4.69, 9.17) is 4.52 Å². The van der Waals surface area contributed by atoms with E-state index in [0.29, 0.717) is 10.0 Å². The van der Waals surface area contributed by atoms with Crippen molar-refractivity contribution in [3.8, 4) is 11.4 Å². The number of hydrogen-bond acceptors (Lipinski definition) is 6. The molecule has 3 aromatic rings. The summed E-state index contributed by atoms with van der Waals surface area (Å²) in [7, 11) is -2.04. The van der Waals surface area contributed by atoms with Crippen molar-refractivity contribution in [3.05, 3.63) is 53.2 Å². The first-order valence-corrected chi connectivity index (χ1v) is 9.18. The highest BCUT2D eigenvalue weighted by Gasteiger charge is 2.24. The van der Waals surface area contributed by atoms with Crippen LogP contribution in [0, 0.1) is 6.92 Å². The molecule has 0 saturated carbocycles. The summed E-state index contributed by atoms with van der Waals surface area (Å²) in [6.45, 7) is 2.02. The Morgan fingerprint density at radius 3 is 2.61 bits per heavy atom. The molecule has 0 saturated heterocycles. The average Bonchev–Trinajstić information content (AvgIpc) is 3.19. The predicted molar refractivity (Wildman–Crippen MR) is 87.4 cm³/mol. The molecule has 0 aliphatic carbocycles. The monoisotopic (exact) mass is 349 g/mol. The van der Waals surface area contributed by atoms with Crippen molar-refractivity contribution in [1.82, 2.24) is 14.4 Å². The maximum atomic E-state index is 12.4. The first-order chi connectivity index (χ1) is 11.0. The molecular weight excluding hydrogens is 334 g/mol. The SMILES string of the molecule is Cc1ccc(-c2noc(CN(C)S(=O)(=O)c3cccs3)n2)cc1. The Balaban J connectivity index is 1.78. The van der Waals surface area contributed by atoms with Crippen LogP contribution in [-0.2, 0) is 16.6 Å². The Hall–Kier alpha value is -2.03.